The molecule has 0 unspecified atom stereocenters. The lowest BCUT2D eigenvalue weighted by atomic mass is 10.1. The van der Waals surface area contributed by atoms with Crippen molar-refractivity contribution in [2.45, 2.75) is 46.1 Å². The number of pyridine rings is 1. The molecule has 0 atom stereocenters. The standard InChI is InChI=1S/C26H31N3O5/c1-6-19(30)11-9-14-33-15-13-23-27-22(17-29(23)25(31)34-26(2,3)4)20-16-18-10-7-8-12-21(18)28-24(20)32-5/h7-12,16-17H,6,13-15H2,1-5H3/b11-9+. The van der Waals surface area contributed by atoms with Gasteiger partial charge in [0.05, 0.1) is 37.1 Å². The molecule has 3 rings (SSSR count). The van der Waals surface area contributed by atoms with Crippen LogP contribution in [0.25, 0.3) is 22.2 Å². The average Bonchev–Trinajstić information content (AvgIpc) is 3.23. The highest BCUT2D eigenvalue weighted by Gasteiger charge is 2.23. The van der Waals surface area contributed by atoms with Gasteiger partial charge in [-0.2, -0.15) is 0 Å². The van der Waals surface area contributed by atoms with Gasteiger partial charge in [0.15, 0.2) is 5.78 Å². The average molecular weight is 466 g/mol. The number of methoxy groups -OCH3 is 1. The molecule has 0 amide bonds. The fourth-order valence-electron chi connectivity index (χ4n) is 3.24. The first-order valence-electron chi connectivity index (χ1n) is 11.2. The predicted molar refractivity (Wildman–Crippen MR) is 130 cm³/mol. The third kappa shape index (κ3) is 6.51. The molecule has 2 aromatic heterocycles. The number of hydrogen-bond donors (Lipinski definition) is 0. The number of imidazole rings is 1. The second-order valence-electron chi connectivity index (χ2n) is 8.68. The summed E-state index contributed by atoms with van der Waals surface area (Å²) in [6.07, 6.45) is 5.14. The summed E-state index contributed by atoms with van der Waals surface area (Å²) < 4.78 is 18.1. The molecule has 0 spiro atoms. The van der Waals surface area contributed by atoms with Gasteiger partial charge in [-0.15, -0.1) is 0 Å². The molecular formula is C26H31N3O5. The third-order valence-electron chi connectivity index (χ3n) is 4.86. The van der Waals surface area contributed by atoms with Gasteiger partial charge in [-0.25, -0.2) is 19.3 Å². The zero-order valence-corrected chi connectivity index (χ0v) is 20.3. The van der Waals surface area contributed by atoms with Crippen molar-refractivity contribution in [3.63, 3.8) is 0 Å². The summed E-state index contributed by atoms with van der Waals surface area (Å²) >= 11 is 0. The van der Waals surface area contributed by atoms with E-state index in [0.717, 1.165) is 10.9 Å². The Hall–Kier alpha value is -3.52. The molecule has 0 saturated heterocycles. The molecule has 180 valence electrons. The quantitative estimate of drug-likeness (QED) is 0.325. The third-order valence-corrected chi connectivity index (χ3v) is 4.86. The lowest BCUT2D eigenvalue weighted by Gasteiger charge is -2.20. The number of carbonyl (C=O) groups is 2. The Morgan fingerprint density at radius 1 is 1.15 bits per heavy atom. The van der Waals surface area contributed by atoms with E-state index in [1.807, 2.05) is 58.0 Å². The Balaban J connectivity index is 1.89. The highest BCUT2D eigenvalue weighted by molar-refractivity contribution is 5.89. The number of aromatic nitrogens is 3. The summed E-state index contributed by atoms with van der Waals surface area (Å²) in [6.45, 7) is 7.86. The summed E-state index contributed by atoms with van der Waals surface area (Å²) in [5.41, 5.74) is 1.36. The number of para-hydroxylation sites is 1. The number of nitrogens with zero attached hydrogens (tertiary/aromatic N) is 3. The van der Waals surface area contributed by atoms with Crippen molar-refractivity contribution < 1.29 is 23.8 Å². The van der Waals surface area contributed by atoms with E-state index in [1.165, 1.54) is 10.6 Å². The molecule has 0 aliphatic carbocycles. The maximum atomic E-state index is 12.9. The van der Waals surface area contributed by atoms with Crippen molar-refractivity contribution in [1.29, 1.82) is 0 Å². The van der Waals surface area contributed by atoms with Crippen LogP contribution in [-0.4, -0.2) is 52.3 Å². The number of hydrogen-bond acceptors (Lipinski definition) is 7. The Bertz CT molecular complexity index is 1190. The number of ketones is 1. The fraction of sp³-hybridized carbons (Fsp3) is 0.385. The topological polar surface area (TPSA) is 92.5 Å². The first kappa shape index (κ1) is 25.1. The molecule has 0 aliphatic heterocycles. The molecule has 34 heavy (non-hydrogen) atoms. The van der Waals surface area contributed by atoms with E-state index >= 15 is 0 Å². The van der Waals surface area contributed by atoms with E-state index in [0.29, 0.717) is 49.0 Å². The lowest BCUT2D eigenvalue weighted by Crippen LogP contribution is -2.28. The second-order valence-corrected chi connectivity index (χ2v) is 8.68. The SMILES string of the molecule is CCC(=O)/C=C/COCCc1nc(-c2cc3ccccc3nc2OC)cn1C(=O)OC(C)(C)C. The van der Waals surface area contributed by atoms with E-state index in [4.69, 9.17) is 19.2 Å². The molecule has 0 fully saturated rings. The Labute approximate surface area is 199 Å². The van der Waals surface area contributed by atoms with E-state index in [2.05, 4.69) is 4.98 Å². The molecule has 2 heterocycles. The van der Waals surface area contributed by atoms with Gasteiger partial charge in [0.2, 0.25) is 5.88 Å². The van der Waals surface area contributed by atoms with Gasteiger partial charge >= 0.3 is 6.09 Å². The first-order chi connectivity index (χ1) is 16.2. The summed E-state index contributed by atoms with van der Waals surface area (Å²) in [4.78, 5) is 33.5. The van der Waals surface area contributed by atoms with E-state index in [1.54, 1.807) is 19.4 Å². The van der Waals surface area contributed by atoms with Gasteiger partial charge in [-0.1, -0.05) is 31.2 Å². The van der Waals surface area contributed by atoms with Crippen molar-refractivity contribution in [3.8, 4) is 17.1 Å². The van der Waals surface area contributed by atoms with Crippen molar-refractivity contribution in [2.24, 2.45) is 0 Å². The monoisotopic (exact) mass is 465 g/mol. The Kier molecular flexibility index (Phi) is 8.17. The van der Waals surface area contributed by atoms with Crippen LogP contribution < -0.4 is 4.74 Å². The fourth-order valence-corrected chi connectivity index (χ4v) is 3.24. The molecule has 0 radical (unpaired) electrons. The zero-order chi connectivity index (χ0) is 24.7. The molecule has 1 aromatic carbocycles. The first-order valence-corrected chi connectivity index (χ1v) is 11.2. The van der Waals surface area contributed by atoms with Crippen LogP contribution in [0.3, 0.4) is 0 Å². The Morgan fingerprint density at radius 2 is 1.91 bits per heavy atom. The molecular weight excluding hydrogens is 434 g/mol. The van der Waals surface area contributed by atoms with Crippen LogP contribution in [0.4, 0.5) is 4.79 Å². The summed E-state index contributed by atoms with van der Waals surface area (Å²) in [5, 5.41) is 0.934. The minimum absolute atomic E-state index is 0.0478. The van der Waals surface area contributed by atoms with Gasteiger partial charge in [0, 0.05) is 24.4 Å². The molecule has 0 aliphatic rings. The zero-order valence-electron chi connectivity index (χ0n) is 20.3. The van der Waals surface area contributed by atoms with Gasteiger partial charge in [0.25, 0.3) is 0 Å². The molecule has 0 N–H and O–H groups in total. The molecule has 8 heteroatoms. The number of benzene rings is 1. The number of ether oxygens (including phenoxy) is 3. The number of allylic oxidation sites excluding steroid dienone is 1. The molecule has 0 saturated carbocycles. The summed E-state index contributed by atoms with van der Waals surface area (Å²) in [6, 6.07) is 9.66. The van der Waals surface area contributed by atoms with Crippen LogP contribution in [0.1, 0.15) is 39.9 Å². The molecule has 8 nitrogen and oxygen atoms in total. The van der Waals surface area contributed by atoms with Gasteiger partial charge in [-0.05, 0) is 39.0 Å². The highest BCUT2D eigenvalue weighted by atomic mass is 16.6. The van der Waals surface area contributed by atoms with Crippen LogP contribution >= 0.6 is 0 Å². The van der Waals surface area contributed by atoms with Crippen LogP contribution in [0.2, 0.25) is 0 Å². The maximum absolute atomic E-state index is 12.9. The number of rotatable bonds is 9. The van der Waals surface area contributed by atoms with Gasteiger partial charge in [0.1, 0.15) is 11.4 Å². The minimum atomic E-state index is -0.659. The van der Waals surface area contributed by atoms with E-state index in [9.17, 15) is 9.59 Å². The van der Waals surface area contributed by atoms with Crippen LogP contribution in [0, 0.1) is 0 Å². The van der Waals surface area contributed by atoms with Crippen LogP contribution in [0.15, 0.2) is 48.7 Å². The van der Waals surface area contributed by atoms with Crippen molar-refractivity contribution >= 4 is 22.8 Å². The molecule has 3 aromatic rings. The minimum Gasteiger partial charge on any atom is -0.480 e. The largest absolute Gasteiger partial charge is 0.480 e. The van der Waals surface area contributed by atoms with Crippen molar-refractivity contribution in [1.82, 2.24) is 14.5 Å². The number of carbonyl (C=O) groups excluding carboxylic acids is 2. The second kappa shape index (κ2) is 11.1. The van der Waals surface area contributed by atoms with Gasteiger partial charge < -0.3 is 14.2 Å². The summed E-state index contributed by atoms with van der Waals surface area (Å²) in [7, 11) is 1.55. The predicted octanol–water partition coefficient (Wildman–Crippen LogP) is 4.98. The van der Waals surface area contributed by atoms with E-state index < -0.39 is 11.7 Å². The molecule has 0 bridgehead atoms. The summed E-state index contributed by atoms with van der Waals surface area (Å²) in [5.74, 6) is 0.959. The van der Waals surface area contributed by atoms with Crippen LogP contribution in [0.5, 0.6) is 5.88 Å². The maximum Gasteiger partial charge on any atom is 0.420 e. The lowest BCUT2D eigenvalue weighted by molar-refractivity contribution is -0.114. The smallest absolute Gasteiger partial charge is 0.420 e. The van der Waals surface area contributed by atoms with Crippen LogP contribution in [-0.2, 0) is 20.7 Å². The number of fused-ring (bicyclic) bond motifs is 1. The normalized spacial score (nSPS) is 11.8. The van der Waals surface area contributed by atoms with E-state index in [-0.39, 0.29) is 5.78 Å². The Morgan fingerprint density at radius 3 is 2.62 bits per heavy atom. The highest BCUT2D eigenvalue weighted by Crippen LogP contribution is 2.31. The van der Waals surface area contributed by atoms with Crippen molar-refractivity contribution in [3.05, 3.63) is 54.5 Å². The van der Waals surface area contributed by atoms with Crippen molar-refractivity contribution in [2.75, 3.05) is 20.3 Å². The van der Waals surface area contributed by atoms with Gasteiger partial charge in [-0.3, -0.25) is 4.79 Å².